The largest absolute Gasteiger partial charge is 0.349 e. The minimum atomic E-state index is -0.0355. The normalized spacial score (nSPS) is 15.0. The zero-order valence-corrected chi connectivity index (χ0v) is 17.1. The number of carbonyl (C=O) groups excluding carboxylic acids is 1. The lowest BCUT2D eigenvalue weighted by atomic mass is 9.95. The van der Waals surface area contributed by atoms with E-state index in [1.807, 2.05) is 24.3 Å². The summed E-state index contributed by atoms with van der Waals surface area (Å²) >= 11 is 6.45. The summed E-state index contributed by atoms with van der Waals surface area (Å²) in [4.78, 5) is 18.0. The predicted octanol–water partition coefficient (Wildman–Crippen LogP) is 6.23. The highest BCUT2D eigenvalue weighted by molar-refractivity contribution is 6.35. The summed E-state index contributed by atoms with van der Waals surface area (Å²) < 4.78 is 0. The van der Waals surface area contributed by atoms with Crippen LogP contribution in [-0.2, 0) is 0 Å². The van der Waals surface area contributed by atoms with E-state index >= 15 is 0 Å². The number of amides is 1. The standard InChI is InChI=1S/C24H25ClN2O/c1-15-11-12-17(13-16(15)2)22-14-20(19-9-6-10-21(25)23(19)27-22)24(28)26-18-7-4-3-5-8-18/h6,9-14,18H,3-5,7-8H2,1-2H3,(H,26,28). The van der Waals surface area contributed by atoms with Crippen molar-refractivity contribution in [2.24, 2.45) is 0 Å². The molecule has 1 N–H and O–H groups in total. The van der Waals surface area contributed by atoms with Gasteiger partial charge in [0.2, 0.25) is 0 Å². The molecule has 3 aromatic rings. The Morgan fingerprint density at radius 1 is 1.04 bits per heavy atom. The van der Waals surface area contributed by atoms with E-state index in [4.69, 9.17) is 16.6 Å². The monoisotopic (exact) mass is 392 g/mol. The van der Waals surface area contributed by atoms with Crippen LogP contribution in [-0.4, -0.2) is 16.9 Å². The van der Waals surface area contributed by atoms with Gasteiger partial charge in [-0.25, -0.2) is 4.98 Å². The van der Waals surface area contributed by atoms with Crippen LogP contribution in [0.15, 0.2) is 42.5 Å². The number of rotatable bonds is 3. The van der Waals surface area contributed by atoms with Crippen molar-refractivity contribution in [1.82, 2.24) is 10.3 Å². The molecule has 4 rings (SSSR count). The number of nitrogens with zero attached hydrogens (tertiary/aromatic N) is 1. The maximum Gasteiger partial charge on any atom is 0.252 e. The molecule has 1 saturated carbocycles. The molecule has 0 aliphatic heterocycles. The first-order valence-corrected chi connectivity index (χ1v) is 10.4. The maximum absolute atomic E-state index is 13.2. The first kappa shape index (κ1) is 18.9. The van der Waals surface area contributed by atoms with Crippen LogP contribution < -0.4 is 5.32 Å². The van der Waals surface area contributed by atoms with Gasteiger partial charge >= 0.3 is 0 Å². The van der Waals surface area contributed by atoms with Crippen molar-refractivity contribution in [3.05, 3.63) is 64.2 Å². The third-order valence-corrected chi connectivity index (χ3v) is 6.08. The SMILES string of the molecule is Cc1ccc(-c2cc(C(=O)NC3CCCCC3)c3cccc(Cl)c3n2)cc1C. The lowest BCUT2D eigenvalue weighted by Gasteiger charge is -2.23. The van der Waals surface area contributed by atoms with Gasteiger partial charge in [-0.2, -0.15) is 0 Å². The zero-order valence-electron chi connectivity index (χ0n) is 16.4. The van der Waals surface area contributed by atoms with Crippen molar-refractivity contribution in [3.63, 3.8) is 0 Å². The van der Waals surface area contributed by atoms with E-state index in [2.05, 4.69) is 37.4 Å². The van der Waals surface area contributed by atoms with Crippen LogP contribution in [0.5, 0.6) is 0 Å². The number of hydrogen-bond acceptors (Lipinski definition) is 2. The smallest absolute Gasteiger partial charge is 0.252 e. The Kier molecular flexibility index (Phi) is 5.36. The minimum absolute atomic E-state index is 0.0355. The first-order valence-electron chi connectivity index (χ1n) is 10.0. The topological polar surface area (TPSA) is 42.0 Å². The highest BCUT2D eigenvalue weighted by atomic mass is 35.5. The summed E-state index contributed by atoms with van der Waals surface area (Å²) in [6.07, 6.45) is 5.74. The molecule has 0 atom stereocenters. The number of benzene rings is 2. The van der Waals surface area contributed by atoms with Crippen molar-refractivity contribution in [3.8, 4) is 11.3 Å². The van der Waals surface area contributed by atoms with Gasteiger partial charge in [0.05, 0.1) is 21.8 Å². The second kappa shape index (κ2) is 7.92. The van der Waals surface area contributed by atoms with Gasteiger partial charge in [0.15, 0.2) is 0 Å². The number of fused-ring (bicyclic) bond motifs is 1. The van der Waals surface area contributed by atoms with Gasteiger partial charge < -0.3 is 5.32 Å². The summed E-state index contributed by atoms with van der Waals surface area (Å²) in [6.45, 7) is 4.18. The lowest BCUT2D eigenvalue weighted by Crippen LogP contribution is -2.36. The Bertz CT molecular complexity index is 1040. The molecule has 2 aromatic carbocycles. The van der Waals surface area contributed by atoms with Gasteiger partial charge in [0.25, 0.3) is 5.91 Å². The van der Waals surface area contributed by atoms with Crippen LogP contribution in [0.4, 0.5) is 0 Å². The molecule has 0 spiro atoms. The molecule has 0 saturated heterocycles. The summed E-state index contributed by atoms with van der Waals surface area (Å²) in [7, 11) is 0. The molecule has 1 aromatic heterocycles. The number of carbonyl (C=O) groups is 1. The van der Waals surface area contributed by atoms with Gasteiger partial charge in [-0.1, -0.05) is 55.1 Å². The maximum atomic E-state index is 13.2. The zero-order chi connectivity index (χ0) is 19.7. The van der Waals surface area contributed by atoms with Crippen molar-refractivity contribution in [2.45, 2.75) is 52.0 Å². The molecular formula is C24H25ClN2O. The average molecular weight is 393 g/mol. The minimum Gasteiger partial charge on any atom is -0.349 e. The summed E-state index contributed by atoms with van der Waals surface area (Å²) in [5.74, 6) is -0.0355. The molecule has 0 radical (unpaired) electrons. The Morgan fingerprint density at radius 3 is 2.57 bits per heavy atom. The highest BCUT2D eigenvalue weighted by Gasteiger charge is 2.20. The molecule has 0 unspecified atom stereocenters. The van der Waals surface area contributed by atoms with E-state index < -0.39 is 0 Å². The van der Waals surface area contributed by atoms with Crippen molar-refractivity contribution in [2.75, 3.05) is 0 Å². The second-order valence-electron chi connectivity index (χ2n) is 7.80. The van der Waals surface area contributed by atoms with E-state index in [1.165, 1.54) is 30.4 Å². The van der Waals surface area contributed by atoms with Crippen LogP contribution in [0, 0.1) is 13.8 Å². The molecule has 1 fully saturated rings. The number of aromatic nitrogens is 1. The second-order valence-corrected chi connectivity index (χ2v) is 8.21. The molecule has 28 heavy (non-hydrogen) atoms. The van der Waals surface area contributed by atoms with E-state index in [1.54, 1.807) is 0 Å². The molecule has 1 aliphatic rings. The average Bonchev–Trinajstić information content (AvgIpc) is 2.70. The van der Waals surface area contributed by atoms with Gasteiger partial charge in [-0.15, -0.1) is 0 Å². The molecule has 4 heteroatoms. The summed E-state index contributed by atoms with van der Waals surface area (Å²) in [5.41, 5.74) is 5.53. The van der Waals surface area contributed by atoms with Crippen LogP contribution in [0.1, 0.15) is 53.6 Å². The Morgan fingerprint density at radius 2 is 1.82 bits per heavy atom. The molecular weight excluding hydrogens is 368 g/mol. The van der Waals surface area contributed by atoms with Gasteiger partial charge in [-0.05, 0) is 56.0 Å². The first-order chi connectivity index (χ1) is 13.5. The number of aryl methyl sites for hydroxylation is 2. The molecule has 144 valence electrons. The van der Waals surface area contributed by atoms with E-state index in [0.717, 1.165) is 29.5 Å². The van der Waals surface area contributed by atoms with Crippen LogP contribution in [0.25, 0.3) is 22.2 Å². The van der Waals surface area contributed by atoms with Gasteiger partial charge in [0.1, 0.15) is 0 Å². The van der Waals surface area contributed by atoms with Crippen LogP contribution in [0.3, 0.4) is 0 Å². The van der Waals surface area contributed by atoms with Crippen molar-refractivity contribution < 1.29 is 4.79 Å². The number of para-hydroxylation sites is 1. The fourth-order valence-electron chi connectivity index (χ4n) is 3.96. The number of pyridine rings is 1. The van der Waals surface area contributed by atoms with Crippen molar-refractivity contribution in [1.29, 1.82) is 0 Å². The van der Waals surface area contributed by atoms with E-state index in [0.29, 0.717) is 16.1 Å². The van der Waals surface area contributed by atoms with Gasteiger partial charge in [0, 0.05) is 17.0 Å². The Labute approximate surface area is 171 Å². The third-order valence-electron chi connectivity index (χ3n) is 5.78. The molecule has 3 nitrogen and oxygen atoms in total. The van der Waals surface area contributed by atoms with Gasteiger partial charge in [-0.3, -0.25) is 4.79 Å². The molecule has 1 aliphatic carbocycles. The fraction of sp³-hybridized carbons (Fsp3) is 0.333. The fourth-order valence-corrected chi connectivity index (χ4v) is 4.18. The summed E-state index contributed by atoms with van der Waals surface area (Å²) in [5, 5.41) is 4.60. The molecule has 1 amide bonds. The molecule has 1 heterocycles. The van der Waals surface area contributed by atoms with E-state index in [9.17, 15) is 4.79 Å². The number of nitrogens with one attached hydrogen (secondary N) is 1. The van der Waals surface area contributed by atoms with Crippen LogP contribution in [0.2, 0.25) is 5.02 Å². The number of hydrogen-bond donors (Lipinski definition) is 1. The lowest BCUT2D eigenvalue weighted by molar-refractivity contribution is 0.0929. The van der Waals surface area contributed by atoms with Crippen molar-refractivity contribution >= 4 is 28.4 Å². The predicted molar refractivity (Wildman–Crippen MR) is 116 cm³/mol. The quantitative estimate of drug-likeness (QED) is 0.573. The number of halogens is 1. The Balaban J connectivity index is 1.80. The third kappa shape index (κ3) is 3.77. The van der Waals surface area contributed by atoms with Crippen LogP contribution >= 0.6 is 11.6 Å². The Hall–Kier alpha value is -2.39. The summed E-state index contributed by atoms with van der Waals surface area (Å²) in [6, 6.07) is 14.0. The molecule has 0 bridgehead atoms. The van der Waals surface area contributed by atoms with E-state index in [-0.39, 0.29) is 11.9 Å². The highest BCUT2D eigenvalue weighted by Crippen LogP contribution is 2.30.